The Morgan fingerprint density at radius 3 is 2.56 bits per heavy atom. The molecule has 186 valence electrons. The predicted octanol–water partition coefficient (Wildman–Crippen LogP) is 4.36. The largest absolute Gasteiger partial charge is 0.331 e. The molecule has 0 saturated heterocycles. The Labute approximate surface area is 208 Å². The van der Waals surface area contributed by atoms with Crippen LogP contribution in [0.15, 0.2) is 65.6 Å². The lowest BCUT2D eigenvalue weighted by Crippen LogP contribution is -2.39. The number of pyridine rings is 1. The van der Waals surface area contributed by atoms with Gasteiger partial charge in [0.1, 0.15) is 11.5 Å². The number of aromatic nitrogens is 2. The number of sulfonamides is 1. The number of aromatic amines is 1. The fraction of sp³-hybridized carbons (Fsp3) is 0.259. The minimum atomic E-state index is -3.96. The average Bonchev–Trinajstić information content (AvgIpc) is 3.54. The van der Waals surface area contributed by atoms with E-state index >= 15 is 0 Å². The van der Waals surface area contributed by atoms with Crippen molar-refractivity contribution in [2.45, 2.75) is 44.4 Å². The Kier molecular flexibility index (Phi) is 5.83. The van der Waals surface area contributed by atoms with E-state index in [1.54, 1.807) is 41.8 Å². The number of H-pyrrole nitrogens is 1. The van der Waals surface area contributed by atoms with E-state index in [1.807, 2.05) is 25.1 Å². The van der Waals surface area contributed by atoms with Gasteiger partial charge in [0.05, 0.1) is 11.3 Å². The third-order valence-corrected chi connectivity index (χ3v) is 9.11. The summed E-state index contributed by atoms with van der Waals surface area (Å²) in [6, 6.07) is 15.1. The molecule has 4 aromatic rings. The molecular formula is C27H26FN3O4S. The predicted molar refractivity (Wildman–Crippen MR) is 137 cm³/mol. The number of halogens is 1. The van der Waals surface area contributed by atoms with Gasteiger partial charge in [-0.1, -0.05) is 31.2 Å². The third kappa shape index (κ3) is 4.03. The number of rotatable bonds is 7. The summed E-state index contributed by atoms with van der Waals surface area (Å²) in [4.78, 5) is 29.3. The molecule has 0 aliphatic heterocycles. The minimum Gasteiger partial charge on any atom is -0.331 e. The Balaban J connectivity index is 1.81. The number of aryl methyl sites for hydroxylation is 1. The lowest BCUT2D eigenvalue weighted by molar-refractivity contribution is 0.0973. The van der Waals surface area contributed by atoms with Crippen LogP contribution in [0, 0.1) is 5.82 Å². The van der Waals surface area contributed by atoms with E-state index in [1.165, 1.54) is 12.3 Å². The summed E-state index contributed by atoms with van der Waals surface area (Å²) in [7, 11) is -3.96. The van der Waals surface area contributed by atoms with Crippen molar-refractivity contribution in [2.75, 3.05) is 0 Å². The molecule has 2 N–H and O–H groups in total. The van der Waals surface area contributed by atoms with Gasteiger partial charge in [-0.05, 0) is 62.1 Å². The molecule has 1 aliphatic rings. The van der Waals surface area contributed by atoms with Crippen LogP contribution >= 0.6 is 0 Å². The molecule has 1 amide bonds. The number of hydrogen-bond donors (Lipinski definition) is 2. The van der Waals surface area contributed by atoms with Crippen molar-refractivity contribution in [2.24, 2.45) is 0 Å². The van der Waals surface area contributed by atoms with Crippen LogP contribution in [0.2, 0.25) is 0 Å². The number of fused-ring (bicyclic) bond motifs is 1. The highest BCUT2D eigenvalue weighted by Gasteiger charge is 2.51. The fourth-order valence-electron chi connectivity index (χ4n) is 4.45. The monoisotopic (exact) mass is 507 g/mol. The van der Waals surface area contributed by atoms with E-state index in [0.29, 0.717) is 41.3 Å². The van der Waals surface area contributed by atoms with E-state index in [4.69, 9.17) is 0 Å². The molecule has 0 atom stereocenters. The first kappa shape index (κ1) is 24.0. The van der Waals surface area contributed by atoms with Gasteiger partial charge in [-0.15, -0.1) is 0 Å². The summed E-state index contributed by atoms with van der Waals surface area (Å²) in [5, 5.41) is 0.613. The van der Waals surface area contributed by atoms with Gasteiger partial charge in [0.2, 0.25) is 10.0 Å². The summed E-state index contributed by atoms with van der Waals surface area (Å²) in [6.07, 6.45) is 3.12. The van der Waals surface area contributed by atoms with Crippen molar-refractivity contribution in [3.05, 3.63) is 93.8 Å². The highest BCUT2D eigenvalue weighted by Crippen LogP contribution is 2.42. The van der Waals surface area contributed by atoms with Crippen LogP contribution < -0.4 is 10.3 Å². The van der Waals surface area contributed by atoms with E-state index in [2.05, 4.69) is 9.71 Å². The molecule has 0 spiro atoms. The van der Waals surface area contributed by atoms with Crippen molar-refractivity contribution in [3.63, 3.8) is 0 Å². The number of benzene rings is 2. The van der Waals surface area contributed by atoms with Gasteiger partial charge in [0.15, 0.2) is 0 Å². The quantitative estimate of drug-likeness (QED) is 0.388. The summed E-state index contributed by atoms with van der Waals surface area (Å²) < 4.78 is 43.5. The number of carbonyl (C=O) groups excluding carboxylic acids is 1. The summed E-state index contributed by atoms with van der Waals surface area (Å²) in [5.74, 6) is -1.31. The normalized spacial score (nSPS) is 14.6. The van der Waals surface area contributed by atoms with Crippen LogP contribution in [0.4, 0.5) is 4.39 Å². The molecule has 1 fully saturated rings. The maximum Gasteiger partial charge on any atom is 0.282 e. The molecule has 7 nitrogen and oxygen atoms in total. The second-order valence-corrected chi connectivity index (χ2v) is 11.6. The fourth-order valence-corrected chi connectivity index (χ4v) is 5.68. The Hall–Kier alpha value is -3.72. The van der Waals surface area contributed by atoms with Crippen LogP contribution in [0.25, 0.3) is 22.0 Å². The molecule has 1 aliphatic carbocycles. The average molecular weight is 508 g/mol. The first-order valence-electron chi connectivity index (χ1n) is 11.8. The van der Waals surface area contributed by atoms with Gasteiger partial charge < -0.3 is 9.55 Å². The zero-order valence-electron chi connectivity index (χ0n) is 20.0. The smallest absolute Gasteiger partial charge is 0.282 e. The standard InChI is InChI=1S/C27H26FN3O4S/c1-3-17-10-11-22-20(15-17)23(19-8-6-14-29-25(19)32)24(26(33)30-36(34,35)27(2)12-13-27)31(22)16-18-7-4-5-9-21(18)28/h4-11,14-15H,3,12-13,16H2,1-2H3,(H,29,32)(H,30,33). The van der Waals surface area contributed by atoms with Crippen LogP contribution in [-0.2, 0) is 23.0 Å². The molecule has 0 bridgehead atoms. The highest BCUT2D eigenvalue weighted by atomic mass is 32.2. The number of nitrogens with zero attached hydrogens (tertiary/aromatic N) is 1. The van der Waals surface area contributed by atoms with Gasteiger partial charge in [0.25, 0.3) is 11.5 Å². The first-order chi connectivity index (χ1) is 17.1. The van der Waals surface area contributed by atoms with Crippen molar-refractivity contribution >= 4 is 26.8 Å². The zero-order valence-corrected chi connectivity index (χ0v) is 20.8. The number of amides is 1. The van der Waals surface area contributed by atoms with Crippen LogP contribution in [0.5, 0.6) is 0 Å². The molecular weight excluding hydrogens is 481 g/mol. The Morgan fingerprint density at radius 2 is 1.89 bits per heavy atom. The zero-order chi connectivity index (χ0) is 25.7. The van der Waals surface area contributed by atoms with E-state index < -0.39 is 32.1 Å². The SMILES string of the molecule is CCc1ccc2c(c1)c(-c1ccc[nH]c1=O)c(C(=O)NS(=O)(=O)C1(C)CC1)n2Cc1ccccc1F. The topological polar surface area (TPSA) is 101 Å². The van der Waals surface area contributed by atoms with Crippen molar-refractivity contribution in [1.82, 2.24) is 14.3 Å². The Morgan fingerprint density at radius 1 is 1.14 bits per heavy atom. The number of carbonyl (C=O) groups is 1. The number of nitrogens with one attached hydrogen (secondary N) is 2. The molecule has 2 aromatic heterocycles. The lowest BCUT2D eigenvalue weighted by atomic mass is 10.0. The molecule has 36 heavy (non-hydrogen) atoms. The van der Waals surface area contributed by atoms with Crippen molar-refractivity contribution < 1.29 is 17.6 Å². The van der Waals surface area contributed by atoms with Crippen LogP contribution in [0.3, 0.4) is 0 Å². The van der Waals surface area contributed by atoms with Gasteiger partial charge in [-0.3, -0.25) is 9.59 Å². The lowest BCUT2D eigenvalue weighted by Gasteiger charge is -2.16. The summed E-state index contributed by atoms with van der Waals surface area (Å²) in [6.45, 7) is 3.55. The maximum atomic E-state index is 14.7. The summed E-state index contributed by atoms with van der Waals surface area (Å²) >= 11 is 0. The van der Waals surface area contributed by atoms with Gasteiger partial charge in [-0.2, -0.15) is 0 Å². The molecule has 2 heterocycles. The Bertz CT molecular complexity index is 1670. The third-order valence-electron chi connectivity index (χ3n) is 6.95. The minimum absolute atomic E-state index is 0.00830. The van der Waals surface area contributed by atoms with Crippen molar-refractivity contribution in [1.29, 1.82) is 0 Å². The van der Waals surface area contributed by atoms with Crippen LogP contribution in [-0.4, -0.2) is 28.6 Å². The molecule has 0 radical (unpaired) electrons. The molecule has 9 heteroatoms. The molecule has 0 unspecified atom stereocenters. The van der Waals surface area contributed by atoms with Crippen molar-refractivity contribution in [3.8, 4) is 11.1 Å². The van der Waals surface area contributed by atoms with Gasteiger partial charge in [0, 0.05) is 33.8 Å². The number of hydrogen-bond acceptors (Lipinski definition) is 4. The van der Waals surface area contributed by atoms with Crippen LogP contribution in [0.1, 0.15) is 48.3 Å². The first-order valence-corrected chi connectivity index (χ1v) is 13.3. The second kappa shape index (κ2) is 8.74. The molecule has 5 rings (SSSR count). The molecule has 1 saturated carbocycles. The maximum absolute atomic E-state index is 14.7. The molecule has 2 aromatic carbocycles. The van der Waals surface area contributed by atoms with Gasteiger partial charge in [-0.25, -0.2) is 17.5 Å². The van der Waals surface area contributed by atoms with E-state index in [0.717, 1.165) is 5.56 Å². The van der Waals surface area contributed by atoms with E-state index in [9.17, 15) is 22.4 Å². The summed E-state index contributed by atoms with van der Waals surface area (Å²) in [5.41, 5.74) is 2.00. The second-order valence-electron chi connectivity index (χ2n) is 9.40. The highest BCUT2D eigenvalue weighted by molar-refractivity contribution is 7.91. The van der Waals surface area contributed by atoms with E-state index in [-0.39, 0.29) is 17.8 Å². The van der Waals surface area contributed by atoms with Gasteiger partial charge >= 0.3 is 0 Å².